The third-order valence-electron chi connectivity index (χ3n) is 2.60. The lowest BCUT2D eigenvalue weighted by Crippen LogP contribution is -2.34. The third-order valence-corrected chi connectivity index (χ3v) is 2.60. The van der Waals surface area contributed by atoms with Crippen LogP contribution in [0.1, 0.15) is 17.9 Å². The summed E-state index contributed by atoms with van der Waals surface area (Å²) < 4.78 is 0. The molecule has 68 valence electrons. The summed E-state index contributed by atoms with van der Waals surface area (Å²) in [6.45, 7) is 0. The second kappa shape index (κ2) is 2.57. The lowest BCUT2D eigenvalue weighted by molar-refractivity contribution is -0.139. The van der Waals surface area contributed by atoms with Crippen molar-refractivity contribution in [1.29, 1.82) is 0 Å². The van der Waals surface area contributed by atoms with Gasteiger partial charge >= 0.3 is 5.97 Å². The molecule has 0 heterocycles. The van der Waals surface area contributed by atoms with Crippen LogP contribution in [0.3, 0.4) is 0 Å². The maximum atomic E-state index is 10.7. The summed E-state index contributed by atoms with van der Waals surface area (Å²) in [7, 11) is 0. The van der Waals surface area contributed by atoms with Crippen LogP contribution in [0.2, 0.25) is 0 Å². The molecule has 0 aliphatic heterocycles. The third kappa shape index (κ3) is 1.21. The lowest BCUT2D eigenvalue weighted by Gasteiger charge is -2.04. The van der Waals surface area contributed by atoms with Gasteiger partial charge in [0.25, 0.3) is 0 Å². The van der Waals surface area contributed by atoms with Crippen LogP contribution in [-0.2, 0) is 4.79 Å². The normalized spacial score (nSPS) is 31.3. The smallest absolute Gasteiger partial charge is 0.324 e. The quantitative estimate of drug-likeness (QED) is 0.707. The van der Waals surface area contributed by atoms with Crippen LogP contribution in [0.15, 0.2) is 30.3 Å². The SMILES string of the molecule is N[C@]1(C(=O)O)C[C@H]1c1ccccc1. The molecular weight excluding hydrogens is 166 g/mol. The summed E-state index contributed by atoms with van der Waals surface area (Å²) in [4.78, 5) is 10.7. The molecule has 2 atom stereocenters. The molecule has 0 saturated heterocycles. The largest absolute Gasteiger partial charge is 0.480 e. The second-order valence-electron chi connectivity index (χ2n) is 3.51. The average molecular weight is 177 g/mol. The van der Waals surface area contributed by atoms with Crippen LogP contribution in [0.25, 0.3) is 0 Å². The second-order valence-corrected chi connectivity index (χ2v) is 3.51. The van der Waals surface area contributed by atoms with Crippen LogP contribution >= 0.6 is 0 Å². The van der Waals surface area contributed by atoms with Crippen LogP contribution in [-0.4, -0.2) is 16.6 Å². The van der Waals surface area contributed by atoms with Gasteiger partial charge < -0.3 is 10.8 Å². The first-order valence-corrected chi connectivity index (χ1v) is 4.22. The number of rotatable bonds is 2. The molecule has 3 nitrogen and oxygen atoms in total. The van der Waals surface area contributed by atoms with E-state index < -0.39 is 11.5 Å². The van der Waals surface area contributed by atoms with Crippen molar-refractivity contribution in [1.82, 2.24) is 0 Å². The van der Waals surface area contributed by atoms with Gasteiger partial charge in [-0.25, -0.2) is 0 Å². The Morgan fingerprint density at radius 1 is 1.46 bits per heavy atom. The molecule has 0 aromatic heterocycles. The van der Waals surface area contributed by atoms with E-state index in [1.807, 2.05) is 30.3 Å². The molecule has 3 N–H and O–H groups in total. The number of benzene rings is 1. The summed E-state index contributed by atoms with van der Waals surface area (Å²) in [6.07, 6.45) is 0.548. The molecule has 0 unspecified atom stereocenters. The highest BCUT2D eigenvalue weighted by Crippen LogP contribution is 2.49. The summed E-state index contributed by atoms with van der Waals surface area (Å²) >= 11 is 0. The predicted octanol–water partition coefficient (Wildman–Crippen LogP) is 0.956. The maximum absolute atomic E-state index is 10.7. The Hall–Kier alpha value is -1.35. The minimum absolute atomic E-state index is 0.00815. The van der Waals surface area contributed by atoms with Crippen molar-refractivity contribution in [3.63, 3.8) is 0 Å². The zero-order valence-electron chi connectivity index (χ0n) is 7.10. The van der Waals surface area contributed by atoms with Gasteiger partial charge in [0, 0.05) is 5.92 Å². The van der Waals surface area contributed by atoms with E-state index in [9.17, 15) is 4.79 Å². The van der Waals surface area contributed by atoms with E-state index in [1.165, 1.54) is 0 Å². The number of carboxylic acid groups (broad SMARTS) is 1. The fraction of sp³-hybridized carbons (Fsp3) is 0.300. The minimum Gasteiger partial charge on any atom is -0.480 e. The fourth-order valence-electron chi connectivity index (χ4n) is 1.62. The Balaban J connectivity index is 2.21. The Bertz CT molecular complexity index is 336. The van der Waals surface area contributed by atoms with Gasteiger partial charge in [-0.3, -0.25) is 4.79 Å². The predicted molar refractivity (Wildman–Crippen MR) is 48.4 cm³/mol. The number of hydrogen-bond acceptors (Lipinski definition) is 2. The highest BCUT2D eigenvalue weighted by atomic mass is 16.4. The highest BCUT2D eigenvalue weighted by Gasteiger charge is 2.58. The van der Waals surface area contributed by atoms with Crippen molar-refractivity contribution in [2.75, 3.05) is 0 Å². The highest BCUT2D eigenvalue weighted by molar-refractivity contribution is 5.84. The number of hydrogen-bond donors (Lipinski definition) is 2. The van der Waals surface area contributed by atoms with E-state index in [2.05, 4.69) is 0 Å². The van der Waals surface area contributed by atoms with E-state index >= 15 is 0 Å². The summed E-state index contributed by atoms with van der Waals surface area (Å²) in [6, 6.07) is 9.54. The molecule has 1 aromatic rings. The first-order chi connectivity index (χ1) is 6.14. The van der Waals surface area contributed by atoms with Crippen LogP contribution < -0.4 is 5.73 Å². The van der Waals surface area contributed by atoms with Crippen LogP contribution in [0, 0.1) is 0 Å². The monoisotopic (exact) mass is 177 g/mol. The molecule has 13 heavy (non-hydrogen) atoms. The minimum atomic E-state index is -1.01. The van der Waals surface area contributed by atoms with Crippen molar-refractivity contribution < 1.29 is 9.90 Å². The topological polar surface area (TPSA) is 63.3 Å². The van der Waals surface area contributed by atoms with Crippen molar-refractivity contribution >= 4 is 5.97 Å². The Labute approximate surface area is 76.2 Å². The van der Waals surface area contributed by atoms with E-state index in [4.69, 9.17) is 10.8 Å². The van der Waals surface area contributed by atoms with Gasteiger partial charge in [0.1, 0.15) is 5.54 Å². The zero-order chi connectivity index (χ0) is 9.47. The van der Waals surface area contributed by atoms with E-state index in [-0.39, 0.29) is 5.92 Å². The van der Waals surface area contributed by atoms with Gasteiger partial charge in [-0.2, -0.15) is 0 Å². The standard InChI is InChI=1S/C10H11NO2/c11-10(9(12)13)6-8(10)7-4-2-1-3-5-7/h1-5,8H,6,11H2,(H,12,13)/t8-,10+/m0/s1. The molecule has 0 amide bonds. The Kier molecular flexibility index (Phi) is 1.63. The maximum Gasteiger partial charge on any atom is 0.324 e. The Morgan fingerprint density at radius 2 is 2.08 bits per heavy atom. The molecule has 3 heteroatoms. The molecule has 1 fully saturated rings. The van der Waals surface area contributed by atoms with Gasteiger partial charge in [-0.1, -0.05) is 30.3 Å². The summed E-state index contributed by atoms with van der Waals surface area (Å²) in [5, 5.41) is 8.82. The molecule has 1 aliphatic carbocycles. The molecule has 1 aromatic carbocycles. The number of nitrogens with two attached hydrogens (primary N) is 1. The first kappa shape index (κ1) is 8.26. The van der Waals surface area contributed by atoms with Gasteiger partial charge in [0.05, 0.1) is 0 Å². The van der Waals surface area contributed by atoms with Crippen molar-refractivity contribution in [3.05, 3.63) is 35.9 Å². The molecule has 1 saturated carbocycles. The van der Waals surface area contributed by atoms with Gasteiger partial charge in [-0.05, 0) is 12.0 Å². The number of carboxylic acids is 1. The molecule has 0 bridgehead atoms. The van der Waals surface area contributed by atoms with Crippen molar-refractivity contribution in [2.24, 2.45) is 5.73 Å². The van der Waals surface area contributed by atoms with Gasteiger partial charge in [-0.15, -0.1) is 0 Å². The lowest BCUT2D eigenvalue weighted by atomic mass is 10.1. The number of aliphatic carboxylic acids is 1. The van der Waals surface area contributed by atoms with Crippen molar-refractivity contribution in [3.8, 4) is 0 Å². The van der Waals surface area contributed by atoms with E-state index in [0.29, 0.717) is 6.42 Å². The van der Waals surface area contributed by atoms with E-state index in [0.717, 1.165) is 5.56 Å². The molecule has 2 rings (SSSR count). The van der Waals surface area contributed by atoms with Gasteiger partial charge in [0.2, 0.25) is 0 Å². The van der Waals surface area contributed by atoms with E-state index in [1.54, 1.807) is 0 Å². The average Bonchev–Trinajstić information content (AvgIpc) is 2.81. The van der Waals surface area contributed by atoms with Crippen molar-refractivity contribution in [2.45, 2.75) is 17.9 Å². The zero-order valence-corrected chi connectivity index (χ0v) is 7.10. The molecule has 0 radical (unpaired) electrons. The molecular formula is C10H11NO2. The summed E-state index contributed by atoms with van der Waals surface area (Å²) in [5.74, 6) is -0.910. The Morgan fingerprint density at radius 3 is 2.54 bits per heavy atom. The number of carbonyl (C=O) groups is 1. The molecule has 1 aliphatic rings. The molecule has 0 spiro atoms. The first-order valence-electron chi connectivity index (χ1n) is 4.22. The van der Waals surface area contributed by atoms with Crippen LogP contribution in [0.5, 0.6) is 0 Å². The van der Waals surface area contributed by atoms with Crippen LogP contribution in [0.4, 0.5) is 0 Å². The fourth-order valence-corrected chi connectivity index (χ4v) is 1.62. The summed E-state index contributed by atoms with van der Waals surface area (Å²) in [5.41, 5.74) is 5.67. The van der Waals surface area contributed by atoms with Gasteiger partial charge in [0.15, 0.2) is 0 Å².